The quantitative estimate of drug-likeness (QED) is 0.605. The predicted molar refractivity (Wildman–Crippen MR) is 97.9 cm³/mol. The van der Waals surface area contributed by atoms with Crippen LogP contribution >= 0.6 is 0 Å². The molecular weight excluding hydrogens is 334 g/mol. The summed E-state index contributed by atoms with van der Waals surface area (Å²) in [5.74, 6) is 0.862. The average molecular weight is 367 g/mol. The Kier molecular flexibility index (Phi) is 9.05. The van der Waals surface area contributed by atoms with Gasteiger partial charge in [-0.2, -0.15) is 4.98 Å². The highest BCUT2D eigenvalue weighted by molar-refractivity contribution is 5.67. The Morgan fingerprint density at radius 2 is 2.15 bits per heavy atom. The van der Waals surface area contributed by atoms with Gasteiger partial charge in [0.15, 0.2) is 5.82 Å². The molecule has 1 aromatic heterocycles. The summed E-state index contributed by atoms with van der Waals surface area (Å²) in [7, 11) is 3.64. The highest BCUT2D eigenvalue weighted by Gasteiger charge is 2.23. The molecule has 0 saturated heterocycles. The van der Waals surface area contributed by atoms with E-state index in [2.05, 4.69) is 10.1 Å². The maximum absolute atomic E-state index is 11.2. The third kappa shape index (κ3) is 7.41. The second-order valence-corrected chi connectivity index (χ2v) is 7.51. The van der Waals surface area contributed by atoms with Gasteiger partial charge < -0.3 is 14.4 Å². The van der Waals surface area contributed by atoms with E-state index in [1.165, 1.54) is 38.5 Å². The minimum absolute atomic E-state index is 0.0474. The number of carboxylic acids is 1. The molecule has 1 atom stereocenters. The zero-order chi connectivity index (χ0) is 18.8. The lowest BCUT2D eigenvalue weighted by molar-refractivity contribution is -0.137. The Balaban J connectivity index is 1.86. The molecule has 2 rings (SSSR count). The number of aliphatic carboxylic acids is 1. The SMILES string of the molecule is COCCN(C)Cc1noc([C@H](CCCC2CCCCC2)CC(=O)O)n1. The van der Waals surface area contributed by atoms with Crippen LogP contribution in [-0.2, 0) is 16.1 Å². The number of carboxylic acid groups (broad SMARTS) is 1. The summed E-state index contributed by atoms with van der Waals surface area (Å²) < 4.78 is 10.5. The number of aromatic nitrogens is 2. The van der Waals surface area contributed by atoms with Gasteiger partial charge in [-0.15, -0.1) is 0 Å². The Morgan fingerprint density at radius 3 is 2.85 bits per heavy atom. The van der Waals surface area contributed by atoms with Crippen LogP contribution in [0, 0.1) is 5.92 Å². The van der Waals surface area contributed by atoms with Crippen LogP contribution in [0.25, 0.3) is 0 Å². The van der Waals surface area contributed by atoms with Crippen LogP contribution in [0.1, 0.15) is 75.4 Å². The van der Waals surface area contributed by atoms with Crippen molar-refractivity contribution in [1.82, 2.24) is 15.0 Å². The van der Waals surface area contributed by atoms with Crippen molar-refractivity contribution in [2.45, 2.75) is 70.3 Å². The minimum atomic E-state index is -0.815. The molecule has 0 unspecified atom stereocenters. The number of hydrogen-bond donors (Lipinski definition) is 1. The van der Waals surface area contributed by atoms with E-state index in [9.17, 15) is 9.90 Å². The van der Waals surface area contributed by atoms with Gasteiger partial charge in [-0.1, -0.05) is 50.1 Å². The van der Waals surface area contributed by atoms with Crippen molar-refractivity contribution >= 4 is 5.97 Å². The standard InChI is InChI=1S/C19H33N3O4/c1-22(11-12-25-2)14-17-20-19(26-21-17)16(13-18(23)24)10-6-9-15-7-4-3-5-8-15/h15-16H,3-14H2,1-2H3,(H,23,24)/t16-/m1/s1. The summed E-state index contributed by atoms with van der Waals surface area (Å²) >= 11 is 0. The summed E-state index contributed by atoms with van der Waals surface area (Å²) in [4.78, 5) is 17.7. The molecule has 7 heteroatoms. The fraction of sp³-hybridized carbons (Fsp3) is 0.842. The third-order valence-electron chi connectivity index (χ3n) is 5.23. The first-order valence-electron chi connectivity index (χ1n) is 9.80. The number of nitrogens with zero attached hydrogens (tertiary/aromatic N) is 3. The lowest BCUT2D eigenvalue weighted by Gasteiger charge is -2.21. The largest absolute Gasteiger partial charge is 0.481 e. The van der Waals surface area contributed by atoms with Crippen molar-refractivity contribution in [1.29, 1.82) is 0 Å². The first-order valence-corrected chi connectivity index (χ1v) is 9.80. The van der Waals surface area contributed by atoms with E-state index in [1.54, 1.807) is 7.11 Å². The number of carbonyl (C=O) groups is 1. The molecule has 0 aromatic carbocycles. The molecule has 1 aromatic rings. The monoisotopic (exact) mass is 367 g/mol. The highest BCUT2D eigenvalue weighted by Crippen LogP contribution is 2.31. The number of rotatable bonds is 12. The Bertz CT molecular complexity index is 529. The first-order chi connectivity index (χ1) is 12.6. The molecule has 1 fully saturated rings. The van der Waals surface area contributed by atoms with E-state index in [1.807, 2.05) is 11.9 Å². The van der Waals surface area contributed by atoms with E-state index in [0.29, 0.717) is 24.9 Å². The van der Waals surface area contributed by atoms with Gasteiger partial charge >= 0.3 is 5.97 Å². The summed E-state index contributed by atoms with van der Waals surface area (Å²) in [5, 5.41) is 13.3. The Morgan fingerprint density at radius 1 is 1.38 bits per heavy atom. The van der Waals surface area contributed by atoms with Crippen molar-refractivity contribution in [3.63, 3.8) is 0 Å². The van der Waals surface area contributed by atoms with Gasteiger partial charge in [0.05, 0.1) is 19.6 Å². The predicted octanol–water partition coefficient (Wildman–Crippen LogP) is 3.46. The summed E-state index contributed by atoms with van der Waals surface area (Å²) in [6.07, 6.45) is 9.73. The lowest BCUT2D eigenvalue weighted by Crippen LogP contribution is -2.22. The van der Waals surface area contributed by atoms with Crippen molar-refractivity contribution < 1.29 is 19.2 Å². The van der Waals surface area contributed by atoms with Gasteiger partial charge in [-0.25, -0.2) is 0 Å². The molecule has 0 bridgehead atoms. The molecule has 1 heterocycles. The van der Waals surface area contributed by atoms with Crippen LogP contribution in [0.3, 0.4) is 0 Å². The number of ether oxygens (including phenoxy) is 1. The Labute approximate surface area is 156 Å². The van der Waals surface area contributed by atoms with Gasteiger partial charge in [-0.3, -0.25) is 9.69 Å². The number of likely N-dealkylation sites (N-methyl/N-ethyl adjacent to an activating group) is 1. The smallest absolute Gasteiger partial charge is 0.304 e. The van der Waals surface area contributed by atoms with Gasteiger partial charge in [0.2, 0.25) is 5.89 Å². The zero-order valence-corrected chi connectivity index (χ0v) is 16.2. The fourth-order valence-corrected chi connectivity index (χ4v) is 3.72. The molecule has 1 saturated carbocycles. The van der Waals surface area contributed by atoms with Crippen LogP contribution in [0.15, 0.2) is 4.52 Å². The second-order valence-electron chi connectivity index (χ2n) is 7.51. The second kappa shape index (κ2) is 11.3. The molecule has 148 valence electrons. The van der Waals surface area contributed by atoms with E-state index in [4.69, 9.17) is 9.26 Å². The average Bonchev–Trinajstić information content (AvgIpc) is 3.08. The van der Waals surface area contributed by atoms with Crippen LogP contribution in [0.5, 0.6) is 0 Å². The molecular formula is C19H33N3O4. The van der Waals surface area contributed by atoms with Crippen molar-refractivity contribution in [3.8, 4) is 0 Å². The van der Waals surface area contributed by atoms with Gasteiger partial charge in [0.1, 0.15) is 0 Å². The van der Waals surface area contributed by atoms with Crippen molar-refractivity contribution in [2.24, 2.45) is 5.92 Å². The molecule has 0 spiro atoms. The lowest BCUT2D eigenvalue weighted by atomic mass is 9.84. The van der Waals surface area contributed by atoms with Crippen LogP contribution in [0.2, 0.25) is 0 Å². The molecule has 0 radical (unpaired) electrons. The van der Waals surface area contributed by atoms with Crippen LogP contribution in [0.4, 0.5) is 0 Å². The van der Waals surface area contributed by atoms with Crippen molar-refractivity contribution in [3.05, 3.63) is 11.7 Å². The Hall–Kier alpha value is -1.47. The molecule has 7 nitrogen and oxygen atoms in total. The molecule has 1 aliphatic rings. The molecule has 26 heavy (non-hydrogen) atoms. The number of hydrogen-bond acceptors (Lipinski definition) is 6. The molecule has 0 amide bonds. The third-order valence-corrected chi connectivity index (χ3v) is 5.23. The van der Waals surface area contributed by atoms with Gasteiger partial charge in [-0.05, 0) is 19.4 Å². The normalized spacial score (nSPS) is 16.9. The zero-order valence-electron chi connectivity index (χ0n) is 16.2. The summed E-state index contributed by atoms with van der Waals surface area (Å²) in [5.41, 5.74) is 0. The first kappa shape index (κ1) is 20.8. The highest BCUT2D eigenvalue weighted by atomic mass is 16.5. The minimum Gasteiger partial charge on any atom is -0.481 e. The summed E-state index contributed by atoms with van der Waals surface area (Å²) in [6.45, 7) is 1.99. The maximum Gasteiger partial charge on any atom is 0.304 e. The van der Waals surface area contributed by atoms with E-state index in [-0.39, 0.29) is 12.3 Å². The van der Waals surface area contributed by atoms with Crippen LogP contribution in [-0.4, -0.2) is 53.4 Å². The topological polar surface area (TPSA) is 88.7 Å². The van der Waals surface area contributed by atoms with Gasteiger partial charge in [0.25, 0.3) is 0 Å². The van der Waals surface area contributed by atoms with E-state index < -0.39 is 5.97 Å². The van der Waals surface area contributed by atoms with E-state index >= 15 is 0 Å². The number of methoxy groups -OCH3 is 1. The van der Waals surface area contributed by atoms with Gasteiger partial charge in [0, 0.05) is 19.6 Å². The molecule has 0 aliphatic heterocycles. The van der Waals surface area contributed by atoms with Crippen LogP contribution < -0.4 is 0 Å². The van der Waals surface area contributed by atoms with Crippen molar-refractivity contribution in [2.75, 3.05) is 27.3 Å². The fourth-order valence-electron chi connectivity index (χ4n) is 3.72. The molecule has 1 aliphatic carbocycles. The van der Waals surface area contributed by atoms with E-state index in [0.717, 1.165) is 25.3 Å². The maximum atomic E-state index is 11.2. The summed E-state index contributed by atoms with van der Waals surface area (Å²) in [6, 6.07) is 0. The molecule has 1 N–H and O–H groups in total.